The first-order valence-corrected chi connectivity index (χ1v) is 9.90. The van der Waals surface area contributed by atoms with Crippen LogP contribution in [0.3, 0.4) is 0 Å². The van der Waals surface area contributed by atoms with E-state index in [4.69, 9.17) is 4.74 Å². The highest BCUT2D eigenvalue weighted by molar-refractivity contribution is 7.89. The van der Waals surface area contributed by atoms with Crippen molar-refractivity contribution >= 4 is 10.0 Å². The summed E-state index contributed by atoms with van der Waals surface area (Å²) in [6.07, 6.45) is 5.38. The van der Waals surface area contributed by atoms with Crippen LogP contribution in [0.4, 0.5) is 0 Å². The van der Waals surface area contributed by atoms with Crippen molar-refractivity contribution in [2.24, 2.45) is 5.92 Å². The lowest BCUT2D eigenvalue weighted by atomic mass is 10.2. The van der Waals surface area contributed by atoms with E-state index in [1.165, 1.54) is 4.31 Å². The molecule has 0 saturated carbocycles. The number of sulfonamides is 1. The third-order valence-corrected chi connectivity index (χ3v) is 5.90. The number of ether oxygens (including phenoxy) is 1. The van der Waals surface area contributed by atoms with Crippen molar-refractivity contribution in [3.05, 3.63) is 36.5 Å². The van der Waals surface area contributed by atoms with Crippen molar-refractivity contribution in [3.8, 4) is 5.75 Å². The molecule has 2 aromatic heterocycles. The third kappa shape index (κ3) is 4.01. The Morgan fingerprint density at radius 1 is 1.36 bits per heavy atom. The summed E-state index contributed by atoms with van der Waals surface area (Å²) in [6, 6.07) is 3.67. The standard InChI is InChI=1S/C17H24N4O3S/c1-13(2)9-20-11-17(19-12-20)25(22,23)21-8-6-15(10-21)24-16-5-4-7-18-14(16)3/h4-5,7,11-13,15H,6,8-10H2,1-3H3/t15-/m1/s1. The summed E-state index contributed by atoms with van der Waals surface area (Å²) < 4.78 is 34.8. The van der Waals surface area contributed by atoms with E-state index in [1.807, 2.05) is 23.6 Å². The van der Waals surface area contributed by atoms with Crippen LogP contribution in [-0.2, 0) is 16.6 Å². The SMILES string of the molecule is Cc1ncccc1O[C@@H]1CCN(S(=O)(=O)c2cn(CC(C)C)cn2)C1. The molecule has 1 aliphatic rings. The van der Waals surface area contributed by atoms with E-state index < -0.39 is 10.0 Å². The zero-order valence-corrected chi connectivity index (χ0v) is 15.6. The Balaban J connectivity index is 1.68. The van der Waals surface area contributed by atoms with Crippen LogP contribution in [0, 0.1) is 12.8 Å². The first-order valence-electron chi connectivity index (χ1n) is 8.46. The number of rotatable bonds is 6. The van der Waals surface area contributed by atoms with Gasteiger partial charge in [-0.25, -0.2) is 13.4 Å². The maximum atomic E-state index is 12.8. The molecule has 3 rings (SSSR count). The average molecular weight is 364 g/mol. The van der Waals surface area contributed by atoms with Gasteiger partial charge in [-0.05, 0) is 31.4 Å². The van der Waals surface area contributed by atoms with E-state index in [1.54, 1.807) is 18.7 Å². The molecule has 136 valence electrons. The number of aryl methyl sites for hydroxylation is 1. The van der Waals surface area contributed by atoms with Gasteiger partial charge in [0, 0.05) is 25.5 Å². The molecule has 0 N–H and O–H groups in total. The highest BCUT2D eigenvalue weighted by Gasteiger charge is 2.35. The van der Waals surface area contributed by atoms with Gasteiger partial charge < -0.3 is 9.30 Å². The van der Waals surface area contributed by atoms with Crippen LogP contribution in [0.2, 0.25) is 0 Å². The number of hydrogen-bond donors (Lipinski definition) is 0. The van der Waals surface area contributed by atoms with Crippen LogP contribution >= 0.6 is 0 Å². The second-order valence-corrected chi connectivity index (χ2v) is 8.67. The van der Waals surface area contributed by atoms with Gasteiger partial charge >= 0.3 is 0 Å². The predicted molar refractivity (Wildman–Crippen MR) is 93.8 cm³/mol. The van der Waals surface area contributed by atoms with Crippen molar-refractivity contribution in [2.75, 3.05) is 13.1 Å². The molecule has 1 saturated heterocycles. The van der Waals surface area contributed by atoms with Gasteiger partial charge in [-0.1, -0.05) is 13.8 Å². The van der Waals surface area contributed by atoms with Crippen LogP contribution in [0.15, 0.2) is 35.9 Å². The molecule has 0 aromatic carbocycles. The summed E-state index contributed by atoms with van der Waals surface area (Å²) in [5.74, 6) is 1.13. The predicted octanol–water partition coefficient (Wildman–Crippen LogP) is 2.08. The van der Waals surface area contributed by atoms with Gasteiger partial charge in [-0.2, -0.15) is 4.31 Å². The van der Waals surface area contributed by atoms with Gasteiger partial charge in [0.1, 0.15) is 11.9 Å². The molecule has 1 atom stereocenters. The van der Waals surface area contributed by atoms with Crippen LogP contribution in [0.25, 0.3) is 0 Å². The zero-order chi connectivity index (χ0) is 18.0. The first kappa shape index (κ1) is 17.9. The fraction of sp³-hybridized carbons (Fsp3) is 0.529. The van der Waals surface area contributed by atoms with Gasteiger partial charge in [0.25, 0.3) is 10.0 Å². The normalized spacial score (nSPS) is 18.8. The Morgan fingerprint density at radius 2 is 2.16 bits per heavy atom. The fourth-order valence-corrected chi connectivity index (χ4v) is 4.33. The zero-order valence-electron chi connectivity index (χ0n) is 14.8. The quantitative estimate of drug-likeness (QED) is 0.784. The molecule has 2 aromatic rings. The van der Waals surface area contributed by atoms with Crippen molar-refractivity contribution in [3.63, 3.8) is 0 Å². The van der Waals surface area contributed by atoms with Gasteiger partial charge in [-0.3, -0.25) is 4.98 Å². The van der Waals surface area contributed by atoms with Crippen molar-refractivity contribution < 1.29 is 13.2 Å². The molecule has 0 radical (unpaired) electrons. The fourth-order valence-electron chi connectivity index (χ4n) is 2.91. The minimum atomic E-state index is -3.58. The van der Waals surface area contributed by atoms with E-state index in [0.717, 1.165) is 12.2 Å². The van der Waals surface area contributed by atoms with E-state index in [2.05, 4.69) is 23.8 Å². The largest absolute Gasteiger partial charge is 0.487 e. The topological polar surface area (TPSA) is 77.3 Å². The molecule has 0 bridgehead atoms. The summed E-state index contributed by atoms with van der Waals surface area (Å²) >= 11 is 0. The number of hydrogen-bond acceptors (Lipinski definition) is 5. The summed E-state index contributed by atoms with van der Waals surface area (Å²) in [5, 5.41) is 0.103. The molecular weight excluding hydrogens is 340 g/mol. The molecule has 0 aliphatic carbocycles. The Labute approximate surface area is 148 Å². The second kappa shape index (κ2) is 7.13. The molecule has 0 amide bonds. The van der Waals surface area contributed by atoms with Crippen LogP contribution in [0.5, 0.6) is 5.75 Å². The minimum Gasteiger partial charge on any atom is -0.487 e. The average Bonchev–Trinajstić information content (AvgIpc) is 3.19. The van der Waals surface area contributed by atoms with Gasteiger partial charge in [0.15, 0.2) is 5.03 Å². The van der Waals surface area contributed by atoms with Gasteiger partial charge in [0.05, 0.1) is 18.6 Å². The highest BCUT2D eigenvalue weighted by Crippen LogP contribution is 2.24. The van der Waals surface area contributed by atoms with E-state index in [-0.39, 0.29) is 11.1 Å². The highest BCUT2D eigenvalue weighted by atomic mass is 32.2. The molecule has 3 heterocycles. The Bertz CT molecular complexity index is 832. The monoisotopic (exact) mass is 364 g/mol. The molecule has 25 heavy (non-hydrogen) atoms. The number of imidazole rings is 1. The van der Waals surface area contributed by atoms with E-state index in [9.17, 15) is 8.42 Å². The lowest BCUT2D eigenvalue weighted by molar-refractivity contribution is 0.213. The van der Waals surface area contributed by atoms with E-state index >= 15 is 0 Å². The smallest absolute Gasteiger partial charge is 0.262 e. The molecule has 0 spiro atoms. The van der Waals surface area contributed by atoms with Crippen molar-refractivity contribution in [2.45, 2.75) is 44.9 Å². The Hall–Kier alpha value is -1.93. The molecule has 8 heteroatoms. The van der Waals surface area contributed by atoms with E-state index in [0.29, 0.717) is 31.2 Å². The summed E-state index contributed by atoms with van der Waals surface area (Å²) in [6.45, 7) is 7.54. The lowest BCUT2D eigenvalue weighted by Crippen LogP contribution is -2.31. The number of nitrogens with zero attached hydrogens (tertiary/aromatic N) is 4. The summed E-state index contributed by atoms with van der Waals surface area (Å²) in [5.41, 5.74) is 0.802. The molecule has 1 fully saturated rings. The van der Waals surface area contributed by atoms with Crippen molar-refractivity contribution in [1.29, 1.82) is 0 Å². The van der Waals surface area contributed by atoms with Crippen molar-refractivity contribution in [1.82, 2.24) is 18.8 Å². The third-order valence-electron chi connectivity index (χ3n) is 4.15. The maximum absolute atomic E-state index is 12.8. The van der Waals surface area contributed by atoms with Gasteiger partial charge in [-0.15, -0.1) is 0 Å². The van der Waals surface area contributed by atoms with Crippen LogP contribution < -0.4 is 4.74 Å². The minimum absolute atomic E-state index is 0.103. The Kier molecular flexibility index (Phi) is 5.10. The maximum Gasteiger partial charge on any atom is 0.262 e. The Morgan fingerprint density at radius 3 is 2.88 bits per heavy atom. The summed E-state index contributed by atoms with van der Waals surface area (Å²) in [4.78, 5) is 8.28. The first-order chi connectivity index (χ1) is 11.9. The molecular formula is C17H24N4O3S. The lowest BCUT2D eigenvalue weighted by Gasteiger charge is -2.16. The second-order valence-electron chi connectivity index (χ2n) is 6.78. The summed E-state index contributed by atoms with van der Waals surface area (Å²) in [7, 11) is -3.58. The number of aromatic nitrogens is 3. The molecule has 7 nitrogen and oxygen atoms in total. The molecule has 1 aliphatic heterocycles. The van der Waals surface area contributed by atoms with Crippen LogP contribution in [0.1, 0.15) is 26.0 Å². The van der Waals surface area contributed by atoms with Gasteiger partial charge in [0.2, 0.25) is 0 Å². The molecule has 0 unspecified atom stereocenters. The number of pyridine rings is 1. The van der Waals surface area contributed by atoms with Crippen LogP contribution in [-0.4, -0.2) is 46.5 Å².